The SMILES string of the molecule is O=C(O)Cc1coc(-c2ccc(Cl)c(Cl)c2)n1. The molecule has 0 atom stereocenters. The summed E-state index contributed by atoms with van der Waals surface area (Å²) >= 11 is 11.6. The van der Waals surface area contributed by atoms with Crippen LogP contribution in [-0.4, -0.2) is 16.1 Å². The zero-order chi connectivity index (χ0) is 12.4. The Balaban J connectivity index is 2.30. The van der Waals surface area contributed by atoms with Gasteiger partial charge < -0.3 is 9.52 Å². The standard InChI is InChI=1S/C11H7Cl2NO3/c12-8-2-1-6(3-9(8)13)11-14-7(5-17-11)4-10(15)16/h1-3,5H,4H2,(H,15,16). The van der Waals surface area contributed by atoms with Crippen molar-refractivity contribution in [2.24, 2.45) is 0 Å². The average Bonchev–Trinajstić information content (AvgIpc) is 2.69. The summed E-state index contributed by atoms with van der Waals surface area (Å²) in [6.45, 7) is 0. The van der Waals surface area contributed by atoms with Gasteiger partial charge in [0.05, 0.1) is 22.2 Å². The lowest BCUT2D eigenvalue weighted by atomic mass is 10.2. The van der Waals surface area contributed by atoms with E-state index < -0.39 is 5.97 Å². The number of benzene rings is 1. The Labute approximate surface area is 107 Å². The van der Waals surface area contributed by atoms with Crippen LogP contribution in [-0.2, 0) is 11.2 Å². The lowest BCUT2D eigenvalue weighted by Gasteiger charge is -1.98. The summed E-state index contributed by atoms with van der Waals surface area (Å²) in [7, 11) is 0. The van der Waals surface area contributed by atoms with Crippen LogP contribution in [0.5, 0.6) is 0 Å². The summed E-state index contributed by atoms with van der Waals surface area (Å²) in [5.74, 6) is -0.640. The van der Waals surface area contributed by atoms with E-state index >= 15 is 0 Å². The number of aromatic nitrogens is 1. The molecule has 0 saturated heterocycles. The summed E-state index contributed by atoms with van der Waals surface area (Å²) in [4.78, 5) is 14.5. The van der Waals surface area contributed by atoms with E-state index in [1.807, 2.05) is 0 Å². The molecular weight excluding hydrogens is 265 g/mol. The molecule has 0 aliphatic carbocycles. The molecule has 1 N–H and O–H groups in total. The molecule has 0 spiro atoms. The molecule has 2 rings (SSSR count). The molecule has 88 valence electrons. The van der Waals surface area contributed by atoms with E-state index in [1.165, 1.54) is 6.26 Å². The highest BCUT2D eigenvalue weighted by Crippen LogP contribution is 2.28. The molecule has 1 heterocycles. The van der Waals surface area contributed by atoms with Crippen molar-refractivity contribution in [1.29, 1.82) is 0 Å². The van der Waals surface area contributed by atoms with Crippen LogP contribution in [0.15, 0.2) is 28.9 Å². The van der Waals surface area contributed by atoms with Gasteiger partial charge in [-0.1, -0.05) is 23.2 Å². The molecule has 1 aromatic heterocycles. The Morgan fingerprint density at radius 1 is 1.35 bits per heavy atom. The maximum absolute atomic E-state index is 10.5. The van der Waals surface area contributed by atoms with E-state index in [9.17, 15) is 4.79 Å². The first-order valence-corrected chi connectivity index (χ1v) is 5.43. The molecule has 0 fully saturated rings. The van der Waals surface area contributed by atoms with Gasteiger partial charge in [0.25, 0.3) is 0 Å². The van der Waals surface area contributed by atoms with Crippen LogP contribution >= 0.6 is 23.2 Å². The number of oxazole rings is 1. The largest absolute Gasteiger partial charge is 0.481 e. The van der Waals surface area contributed by atoms with E-state index in [4.69, 9.17) is 32.7 Å². The Morgan fingerprint density at radius 2 is 2.12 bits per heavy atom. The number of aliphatic carboxylic acids is 1. The number of rotatable bonds is 3. The number of carboxylic acids is 1. The van der Waals surface area contributed by atoms with Crippen molar-refractivity contribution < 1.29 is 14.3 Å². The maximum Gasteiger partial charge on any atom is 0.309 e. The Kier molecular flexibility index (Phi) is 3.36. The second-order valence-corrected chi connectivity index (χ2v) is 4.16. The topological polar surface area (TPSA) is 63.3 Å². The van der Waals surface area contributed by atoms with Crippen molar-refractivity contribution in [3.63, 3.8) is 0 Å². The summed E-state index contributed by atoms with van der Waals surface area (Å²) in [6, 6.07) is 4.94. The first kappa shape index (κ1) is 12.0. The monoisotopic (exact) mass is 271 g/mol. The second kappa shape index (κ2) is 4.77. The molecule has 4 nitrogen and oxygen atoms in total. The van der Waals surface area contributed by atoms with Gasteiger partial charge in [-0.3, -0.25) is 4.79 Å². The van der Waals surface area contributed by atoms with E-state index in [2.05, 4.69) is 4.98 Å². The van der Waals surface area contributed by atoms with Crippen LogP contribution in [0.25, 0.3) is 11.5 Å². The number of hydrogen-bond acceptors (Lipinski definition) is 3. The van der Waals surface area contributed by atoms with Crippen molar-refractivity contribution in [3.05, 3.63) is 40.2 Å². The highest BCUT2D eigenvalue weighted by atomic mass is 35.5. The smallest absolute Gasteiger partial charge is 0.309 e. The van der Waals surface area contributed by atoms with Crippen molar-refractivity contribution in [2.45, 2.75) is 6.42 Å². The predicted octanol–water partition coefficient (Wildman–Crippen LogP) is 3.28. The minimum absolute atomic E-state index is 0.176. The first-order valence-electron chi connectivity index (χ1n) is 4.68. The zero-order valence-electron chi connectivity index (χ0n) is 8.48. The molecule has 0 amide bonds. The van der Waals surface area contributed by atoms with Crippen LogP contribution in [0.4, 0.5) is 0 Å². The van der Waals surface area contributed by atoms with Gasteiger partial charge in [0.2, 0.25) is 5.89 Å². The Hall–Kier alpha value is -1.52. The minimum atomic E-state index is -0.959. The summed E-state index contributed by atoms with van der Waals surface area (Å²) in [5, 5.41) is 9.44. The van der Waals surface area contributed by atoms with Gasteiger partial charge in [-0.15, -0.1) is 0 Å². The highest BCUT2D eigenvalue weighted by Gasteiger charge is 2.10. The fourth-order valence-corrected chi connectivity index (χ4v) is 1.60. The average molecular weight is 272 g/mol. The Bertz CT molecular complexity index is 566. The van der Waals surface area contributed by atoms with Crippen molar-refractivity contribution in [3.8, 4) is 11.5 Å². The fourth-order valence-electron chi connectivity index (χ4n) is 1.30. The highest BCUT2D eigenvalue weighted by molar-refractivity contribution is 6.42. The number of halogens is 2. The van der Waals surface area contributed by atoms with Crippen LogP contribution < -0.4 is 0 Å². The van der Waals surface area contributed by atoms with Crippen molar-refractivity contribution in [1.82, 2.24) is 4.98 Å². The van der Waals surface area contributed by atoms with Crippen molar-refractivity contribution >= 4 is 29.2 Å². The number of hydrogen-bond donors (Lipinski definition) is 1. The quantitative estimate of drug-likeness (QED) is 0.931. The molecule has 1 aromatic carbocycles. The minimum Gasteiger partial charge on any atom is -0.481 e. The van der Waals surface area contributed by atoms with Gasteiger partial charge in [-0.2, -0.15) is 0 Å². The lowest BCUT2D eigenvalue weighted by Crippen LogP contribution is -1.99. The van der Waals surface area contributed by atoms with Gasteiger partial charge in [0.1, 0.15) is 6.26 Å². The van der Waals surface area contributed by atoms with E-state index in [0.29, 0.717) is 27.2 Å². The third kappa shape index (κ3) is 2.78. The molecule has 6 heteroatoms. The maximum atomic E-state index is 10.5. The molecule has 0 saturated carbocycles. The summed E-state index contributed by atoms with van der Waals surface area (Å²) < 4.78 is 5.17. The van der Waals surface area contributed by atoms with Gasteiger partial charge in [0, 0.05) is 5.56 Å². The molecule has 0 unspecified atom stereocenters. The van der Waals surface area contributed by atoms with Crippen LogP contribution in [0, 0.1) is 0 Å². The molecule has 17 heavy (non-hydrogen) atoms. The lowest BCUT2D eigenvalue weighted by molar-refractivity contribution is -0.136. The molecule has 2 aromatic rings. The van der Waals surface area contributed by atoms with Crippen LogP contribution in [0.1, 0.15) is 5.69 Å². The van der Waals surface area contributed by atoms with E-state index in [-0.39, 0.29) is 6.42 Å². The number of carboxylic acid groups (broad SMARTS) is 1. The zero-order valence-corrected chi connectivity index (χ0v) is 10.00. The predicted molar refractivity (Wildman–Crippen MR) is 63.3 cm³/mol. The molecule has 0 bridgehead atoms. The molecule has 0 aliphatic rings. The van der Waals surface area contributed by atoms with Crippen molar-refractivity contribution in [2.75, 3.05) is 0 Å². The van der Waals surface area contributed by atoms with E-state index in [1.54, 1.807) is 18.2 Å². The molecular formula is C11H7Cl2NO3. The van der Waals surface area contributed by atoms with Gasteiger partial charge >= 0.3 is 5.97 Å². The normalized spacial score (nSPS) is 10.5. The second-order valence-electron chi connectivity index (χ2n) is 3.34. The third-order valence-corrected chi connectivity index (χ3v) is 2.79. The molecule has 0 radical (unpaired) electrons. The Morgan fingerprint density at radius 3 is 2.76 bits per heavy atom. The number of nitrogens with zero attached hydrogens (tertiary/aromatic N) is 1. The summed E-state index contributed by atoms with van der Waals surface area (Å²) in [6.07, 6.45) is 1.14. The first-order chi connectivity index (χ1) is 8.06. The fraction of sp³-hybridized carbons (Fsp3) is 0.0909. The van der Waals surface area contributed by atoms with E-state index in [0.717, 1.165) is 0 Å². The summed E-state index contributed by atoms with van der Waals surface area (Å²) in [5.41, 5.74) is 1.01. The van der Waals surface area contributed by atoms with Gasteiger partial charge in [-0.05, 0) is 18.2 Å². The third-order valence-electron chi connectivity index (χ3n) is 2.05. The van der Waals surface area contributed by atoms with Crippen LogP contribution in [0.3, 0.4) is 0 Å². The van der Waals surface area contributed by atoms with Gasteiger partial charge in [0.15, 0.2) is 0 Å². The number of carbonyl (C=O) groups is 1. The van der Waals surface area contributed by atoms with Crippen LogP contribution in [0.2, 0.25) is 10.0 Å². The van der Waals surface area contributed by atoms with Gasteiger partial charge in [-0.25, -0.2) is 4.98 Å². The molecule has 0 aliphatic heterocycles.